The molecule has 0 aromatic rings. The molecule has 0 aromatic heterocycles. The van der Waals surface area contributed by atoms with Gasteiger partial charge in [-0.3, -0.25) is 19.8 Å². The molecule has 1 fully saturated rings. The van der Waals surface area contributed by atoms with E-state index >= 15 is 0 Å². The number of carbonyl (C=O) groups excluding carboxylic acids is 3. The van der Waals surface area contributed by atoms with Gasteiger partial charge in [-0.05, 0) is 47.1 Å². The smallest absolute Gasteiger partial charge is 0.321 e. The molecule has 0 aromatic carbocycles. The molecule has 7 nitrogen and oxygen atoms in total. The summed E-state index contributed by atoms with van der Waals surface area (Å²) in [6, 6.07) is -0.993. The number of urea groups is 1. The van der Waals surface area contributed by atoms with Crippen LogP contribution in [0.4, 0.5) is 4.79 Å². The molecule has 1 saturated heterocycles. The standard InChI is InChI=1S/C15H27N3O4/c1-5-22-14(20)12-7-6-8-18(9-12)11(4)13(19)17-15(21)16-10(2)3/h10-12H,5-9H2,1-4H3,(H2,16,17,19,21)/t11-,12+/m0/s1. The second-order valence-corrected chi connectivity index (χ2v) is 5.88. The highest BCUT2D eigenvalue weighted by atomic mass is 16.5. The maximum atomic E-state index is 12.1. The van der Waals surface area contributed by atoms with Gasteiger partial charge in [0.25, 0.3) is 0 Å². The number of rotatable bonds is 5. The molecule has 0 aliphatic carbocycles. The zero-order valence-corrected chi connectivity index (χ0v) is 13.8. The predicted octanol–water partition coefficient (Wildman–Crippen LogP) is 0.884. The highest BCUT2D eigenvalue weighted by molar-refractivity contribution is 5.96. The van der Waals surface area contributed by atoms with Crippen LogP contribution in [0.1, 0.15) is 40.5 Å². The van der Waals surface area contributed by atoms with Crippen LogP contribution in [0, 0.1) is 5.92 Å². The molecule has 0 bridgehead atoms. The molecule has 0 unspecified atom stereocenters. The molecule has 1 aliphatic rings. The molecule has 0 radical (unpaired) electrons. The SMILES string of the molecule is CCOC(=O)[C@@H]1CCCN([C@@H](C)C(=O)NC(=O)NC(C)C)C1. The van der Waals surface area contributed by atoms with E-state index in [0.29, 0.717) is 13.2 Å². The lowest BCUT2D eigenvalue weighted by atomic mass is 9.97. The first-order valence-electron chi connectivity index (χ1n) is 7.87. The third kappa shape index (κ3) is 5.63. The molecule has 126 valence electrons. The zero-order chi connectivity index (χ0) is 16.7. The van der Waals surface area contributed by atoms with E-state index in [1.165, 1.54) is 0 Å². The Morgan fingerprint density at radius 2 is 1.95 bits per heavy atom. The van der Waals surface area contributed by atoms with Crippen molar-refractivity contribution in [3.05, 3.63) is 0 Å². The van der Waals surface area contributed by atoms with Crippen LogP contribution in [-0.4, -0.2) is 54.6 Å². The van der Waals surface area contributed by atoms with Crippen molar-refractivity contribution in [2.24, 2.45) is 5.92 Å². The molecule has 1 aliphatic heterocycles. The Morgan fingerprint density at radius 3 is 2.55 bits per heavy atom. The topological polar surface area (TPSA) is 87.7 Å². The van der Waals surface area contributed by atoms with Gasteiger partial charge in [0.05, 0.1) is 18.6 Å². The minimum Gasteiger partial charge on any atom is -0.466 e. The van der Waals surface area contributed by atoms with Gasteiger partial charge in [0.2, 0.25) is 5.91 Å². The molecular weight excluding hydrogens is 286 g/mol. The van der Waals surface area contributed by atoms with E-state index in [1.807, 2.05) is 18.7 Å². The fourth-order valence-corrected chi connectivity index (χ4v) is 2.49. The fourth-order valence-electron chi connectivity index (χ4n) is 2.49. The summed E-state index contributed by atoms with van der Waals surface area (Å²) < 4.78 is 5.05. The van der Waals surface area contributed by atoms with E-state index < -0.39 is 12.1 Å². The summed E-state index contributed by atoms with van der Waals surface area (Å²) >= 11 is 0. The average Bonchev–Trinajstić information content (AvgIpc) is 2.45. The third-order valence-corrected chi connectivity index (χ3v) is 3.66. The minimum atomic E-state index is -0.495. The summed E-state index contributed by atoms with van der Waals surface area (Å²) in [5, 5.41) is 4.94. The van der Waals surface area contributed by atoms with Crippen molar-refractivity contribution in [3.63, 3.8) is 0 Å². The van der Waals surface area contributed by atoms with Crippen molar-refractivity contribution >= 4 is 17.9 Å². The lowest BCUT2D eigenvalue weighted by molar-refractivity contribution is -0.151. The quantitative estimate of drug-likeness (QED) is 0.736. The number of esters is 1. The first-order chi connectivity index (χ1) is 10.3. The van der Waals surface area contributed by atoms with Gasteiger partial charge >= 0.3 is 12.0 Å². The minimum absolute atomic E-state index is 0.0358. The summed E-state index contributed by atoms with van der Waals surface area (Å²) in [6.45, 7) is 8.74. The Bertz CT molecular complexity index is 412. The maximum absolute atomic E-state index is 12.1. The van der Waals surface area contributed by atoms with Crippen LogP contribution >= 0.6 is 0 Å². The lowest BCUT2D eigenvalue weighted by Crippen LogP contribution is -2.53. The summed E-state index contributed by atoms with van der Waals surface area (Å²) in [7, 11) is 0. The van der Waals surface area contributed by atoms with Crippen molar-refractivity contribution in [3.8, 4) is 0 Å². The first-order valence-corrected chi connectivity index (χ1v) is 7.87. The van der Waals surface area contributed by atoms with Crippen LogP contribution < -0.4 is 10.6 Å². The summed E-state index contributed by atoms with van der Waals surface area (Å²) in [4.78, 5) is 37.4. The second-order valence-electron chi connectivity index (χ2n) is 5.88. The summed E-state index contributed by atoms with van der Waals surface area (Å²) in [5.41, 5.74) is 0. The number of hydrogen-bond acceptors (Lipinski definition) is 5. The number of nitrogens with one attached hydrogen (secondary N) is 2. The fraction of sp³-hybridized carbons (Fsp3) is 0.800. The van der Waals surface area contributed by atoms with Crippen LogP contribution in [0.3, 0.4) is 0 Å². The van der Waals surface area contributed by atoms with Gasteiger partial charge in [-0.2, -0.15) is 0 Å². The highest BCUT2D eigenvalue weighted by Gasteiger charge is 2.32. The Kier molecular flexibility index (Phi) is 7.31. The zero-order valence-electron chi connectivity index (χ0n) is 13.8. The van der Waals surface area contributed by atoms with Gasteiger partial charge in [0.15, 0.2) is 0 Å². The number of hydrogen-bond donors (Lipinski definition) is 2. The van der Waals surface area contributed by atoms with Crippen LogP contribution in [0.5, 0.6) is 0 Å². The Balaban J connectivity index is 2.53. The lowest BCUT2D eigenvalue weighted by Gasteiger charge is -2.34. The van der Waals surface area contributed by atoms with E-state index in [4.69, 9.17) is 4.74 Å². The number of nitrogens with zero attached hydrogens (tertiary/aromatic N) is 1. The average molecular weight is 313 g/mol. The van der Waals surface area contributed by atoms with E-state index in [1.54, 1.807) is 13.8 Å². The number of ether oxygens (including phenoxy) is 1. The van der Waals surface area contributed by atoms with Gasteiger partial charge < -0.3 is 10.1 Å². The molecule has 2 atom stereocenters. The summed E-state index contributed by atoms with van der Waals surface area (Å²) in [6.07, 6.45) is 1.61. The molecule has 3 amide bonds. The number of likely N-dealkylation sites (tertiary alicyclic amines) is 1. The largest absolute Gasteiger partial charge is 0.466 e. The highest BCUT2D eigenvalue weighted by Crippen LogP contribution is 2.19. The van der Waals surface area contributed by atoms with E-state index in [0.717, 1.165) is 19.4 Å². The third-order valence-electron chi connectivity index (χ3n) is 3.66. The molecule has 22 heavy (non-hydrogen) atoms. The Hall–Kier alpha value is -1.63. The Labute approximate surface area is 131 Å². The molecule has 1 rings (SSSR count). The van der Waals surface area contributed by atoms with Crippen molar-refractivity contribution in [2.45, 2.75) is 52.6 Å². The molecular formula is C15H27N3O4. The van der Waals surface area contributed by atoms with E-state index in [2.05, 4.69) is 10.6 Å². The molecule has 0 saturated carbocycles. The van der Waals surface area contributed by atoms with Crippen molar-refractivity contribution in [1.82, 2.24) is 15.5 Å². The van der Waals surface area contributed by atoms with E-state index in [9.17, 15) is 14.4 Å². The van der Waals surface area contributed by atoms with Crippen LogP contribution in [-0.2, 0) is 14.3 Å². The number of imide groups is 1. The molecule has 1 heterocycles. The second kappa shape index (κ2) is 8.73. The normalized spacial score (nSPS) is 20.3. The maximum Gasteiger partial charge on any atom is 0.321 e. The van der Waals surface area contributed by atoms with Crippen molar-refractivity contribution in [2.75, 3.05) is 19.7 Å². The van der Waals surface area contributed by atoms with Gasteiger partial charge in [-0.15, -0.1) is 0 Å². The van der Waals surface area contributed by atoms with Gasteiger partial charge in [0, 0.05) is 12.6 Å². The monoisotopic (exact) mass is 313 g/mol. The molecule has 2 N–H and O–H groups in total. The van der Waals surface area contributed by atoms with Crippen molar-refractivity contribution in [1.29, 1.82) is 0 Å². The first kappa shape index (κ1) is 18.4. The molecule has 0 spiro atoms. The van der Waals surface area contributed by atoms with Gasteiger partial charge in [-0.1, -0.05) is 0 Å². The van der Waals surface area contributed by atoms with Crippen LogP contribution in [0.25, 0.3) is 0 Å². The van der Waals surface area contributed by atoms with Crippen LogP contribution in [0.15, 0.2) is 0 Å². The predicted molar refractivity (Wildman–Crippen MR) is 82.2 cm³/mol. The number of piperidine rings is 1. The summed E-state index contributed by atoms with van der Waals surface area (Å²) in [5.74, 6) is -0.770. The van der Waals surface area contributed by atoms with E-state index in [-0.39, 0.29) is 23.8 Å². The Morgan fingerprint density at radius 1 is 1.27 bits per heavy atom. The van der Waals surface area contributed by atoms with Crippen LogP contribution in [0.2, 0.25) is 0 Å². The van der Waals surface area contributed by atoms with Gasteiger partial charge in [-0.25, -0.2) is 4.79 Å². The molecule has 7 heteroatoms. The number of amides is 3. The van der Waals surface area contributed by atoms with Gasteiger partial charge in [0.1, 0.15) is 0 Å². The van der Waals surface area contributed by atoms with Crippen molar-refractivity contribution < 1.29 is 19.1 Å². The number of carbonyl (C=O) groups is 3.